The van der Waals surface area contributed by atoms with Gasteiger partial charge < -0.3 is 48.5 Å². The number of methoxy groups -OCH3 is 1. The van der Waals surface area contributed by atoms with Gasteiger partial charge in [0.05, 0.1) is 46.1 Å². The number of rotatable bonds is 35. The first-order chi connectivity index (χ1) is 35.5. The van der Waals surface area contributed by atoms with Crippen molar-refractivity contribution in [3.63, 3.8) is 0 Å². The van der Waals surface area contributed by atoms with Crippen LogP contribution in [-0.4, -0.2) is 198 Å². The van der Waals surface area contributed by atoms with Crippen molar-refractivity contribution in [1.29, 1.82) is 0 Å². The summed E-state index contributed by atoms with van der Waals surface area (Å²) < 4.78 is 40.0. The van der Waals surface area contributed by atoms with Crippen LogP contribution in [0.3, 0.4) is 0 Å². The van der Waals surface area contributed by atoms with Crippen LogP contribution in [0.5, 0.6) is 0 Å². The second-order valence-electron chi connectivity index (χ2n) is 16.8. The molecule has 0 aliphatic carbocycles. The van der Waals surface area contributed by atoms with Crippen molar-refractivity contribution in [2.75, 3.05) is 86.9 Å². The summed E-state index contributed by atoms with van der Waals surface area (Å²) in [6.07, 6.45) is 1.40. The molecule has 2 fully saturated rings. The van der Waals surface area contributed by atoms with Crippen LogP contribution in [0.15, 0.2) is 28.8 Å². The fraction of sp³-hybridized carbons (Fsp3) is 0.744. The largest absolute Gasteiger partial charge is 0.468 e. The molecule has 0 bridgehead atoms. The van der Waals surface area contributed by atoms with E-state index in [2.05, 4.69) is 4.74 Å². The number of fused-ring (bicyclic) bond motifs is 1. The van der Waals surface area contributed by atoms with Crippen molar-refractivity contribution in [1.82, 2.24) is 47.0 Å². The van der Waals surface area contributed by atoms with Gasteiger partial charge in [-0.1, -0.05) is 40.0 Å². The highest BCUT2D eigenvalue weighted by atomic mass is 16.5. The number of amides is 4. The second kappa shape index (κ2) is 30.0. The summed E-state index contributed by atoms with van der Waals surface area (Å²) in [5.41, 5.74) is -8.04. The molecule has 4 amide bonds. The van der Waals surface area contributed by atoms with Gasteiger partial charge in [-0.25, -0.2) is 65.8 Å². The maximum atomic E-state index is 14.1. The predicted molar refractivity (Wildman–Crippen MR) is 251 cm³/mol. The second-order valence-corrected chi connectivity index (χ2v) is 16.8. The van der Waals surface area contributed by atoms with E-state index in [1.54, 1.807) is 0 Å². The summed E-state index contributed by atoms with van der Waals surface area (Å²) in [6, 6.07) is -1.02. The Morgan fingerprint density at radius 1 is 0.473 bits per heavy atom. The average Bonchev–Trinajstić information content (AvgIpc) is 3.80. The van der Waals surface area contributed by atoms with Gasteiger partial charge in [-0.2, -0.15) is 0 Å². The molecule has 2 aliphatic rings. The molecule has 2 aliphatic heterocycles. The van der Waals surface area contributed by atoms with Gasteiger partial charge in [0.25, 0.3) is 0 Å². The summed E-state index contributed by atoms with van der Waals surface area (Å²) in [5.74, 6) is -3.75. The third-order valence-corrected chi connectivity index (χ3v) is 11.5. The molecule has 0 aromatic carbocycles. The lowest BCUT2D eigenvalue weighted by molar-refractivity contribution is -0.147. The van der Waals surface area contributed by atoms with Crippen molar-refractivity contribution in [2.45, 2.75) is 123 Å². The third kappa shape index (κ3) is 15.3. The van der Waals surface area contributed by atoms with Gasteiger partial charge in [0.15, 0.2) is 12.3 Å². The quantitative estimate of drug-likeness (QED) is 0.0334. The van der Waals surface area contributed by atoms with Crippen molar-refractivity contribution in [2.24, 2.45) is 0 Å². The van der Waals surface area contributed by atoms with Gasteiger partial charge in [0.2, 0.25) is 0 Å². The van der Waals surface area contributed by atoms with E-state index in [4.69, 9.17) is 33.5 Å². The number of aromatic nitrogens is 6. The van der Waals surface area contributed by atoms with E-state index in [1.165, 1.54) is 19.6 Å². The monoisotopic (exact) mass is 1060 g/mol. The smallest absolute Gasteiger partial charge is 0.337 e. The molecule has 2 aromatic rings. The van der Waals surface area contributed by atoms with Gasteiger partial charge in [-0.15, -0.1) is 0 Å². The van der Waals surface area contributed by atoms with Crippen molar-refractivity contribution >= 4 is 30.0 Å². The van der Waals surface area contributed by atoms with Gasteiger partial charge in [0, 0.05) is 26.4 Å². The molecule has 0 saturated carbocycles. The molecule has 0 radical (unpaired) electrons. The van der Waals surface area contributed by atoms with Gasteiger partial charge >= 0.3 is 64.1 Å². The number of aliphatic hydroxyl groups excluding tert-OH is 3. The molecule has 31 heteroatoms. The highest BCUT2D eigenvalue weighted by Gasteiger charge is 2.59. The Kier molecular flexibility index (Phi) is 24.3. The molecule has 3 unspecified atom stereocenters. The third-order valence-electron chi connectivity index (χ3n) is 11.5. The molecule has 74 heavy (non-hydrogen) atoms. The van der Waals surface area contributed by atoms with E-state index >= 15 is 0 Å². The molecular formula is C43H68N10O21. The summed E-state index contributed by atoms with van der Waals surface area (Å²) in [6.45, 7) is -2.23. The van der Waals surface area contributed by atoms with E-state index in [9.17, 15) is 63.0 Å². The van der Waals surface area contributed by atoms with Crippen LogP contribution in [0, 0.1) is 0 Å². The van der Waals surface area contributed by atoms with Crippen LogP contribution in [0.2, 0.25) is 0 Å². The number of hydrogen-bond acceptors (Lipinski definition) is 21. The zero-order valence-corrected chi connectivity index (χ0v) is 42.1. The molecule has 2 aromatic heterocycles. The molecule has 4 heterocycles. The lowest BCUT2D eigenvalue weighted by Gasteiger charge is -2.29. The Morgan fingerprint density at radius 3 is 1.20 bits per heavy atom. The maximum Gasteiger partial charge on any atom is 0.337 e. The van der Waals surface area contributed by atoms with E-state index in [0.29, 0.717) is 33.5 Å². The Labute approximate surface area is 422 Å². The fourth-order valence-electron chi connectivity index (χ4n) is 7.50. The molecule has 416 valence electrons. The highest BCUT2D eigenvalue weighted by molar-refractivity contribution is 5.85. The highest BCUT2D eigenvalue weighted by Crippen LogP contribution is 2.35. The fourth-order valence-corrected chi connectivity index (χ4v) is 7.50. The minimum absolute atomic E-state index is 0.131. The number of aliphatic hydroxyl groups is 3. The number of esters is 3. The summed E-state index contributed by atoms with van der Waals surface area (Å²) in [7, 11) is 0.935. The lowest BCUT2D eigenvalue weighted by atomic mass is 10.3. The van der Waals surface area contributed by atoms with Crippen LogP contribution in [0.4, 0.5) is 9.59 Å². The molecular weight excluding hydrogens is 993 g/mol. The van der Waals surface area contributed by atoms with Crippen LogP contribution < -0.4 is 34.1 Å². The molecule has 4 rings (SSSR count). The number of unbranched alkanes of at least 4 members (excludes halogenated alkanes) is 3. The lowest BCUT2D eigenvalue weighted by Crippen LogP contribution is -2.56. The van der Waals surface area contributed by atoms with Crippen LogP contribution in [0.25, 0.3) is 0 Å². The molecule has 0 spiro atoms. The van der Waals surface area contributed by atoms with Crippen LogP contribution >= 0.6 is 0 Å². The van der Waals surface area contributed by atoms with E-state index in [0.717, 1.165) is 45.6 Å². The Balaban J connectivity index is 1.54. The Bertz CT molecular complexity index is 2580. The van der Waals surface area contributed by atoms with Crippen LogP contribution in [-0.2, 0) is 86.8 Å². The zero-order valence-electron chi connectivity index (χ0n) is 42.1. The molecule has 31 nitrogen and oxygen atoms in total. The van der Waals surface area contributed by atoms with E-state index in [-0.39, 0.29) is 40.3 Å². The van der Waals surface area contributed by atoms with Gasteiger partial charge in [0.1, 0.15) is 59.8 Å². The number of ether oxygens (including phenoxy) is 7. The maximum absolute atomic E-state index is 14.1. The van der Waals surface area contributed by atoms with Crippen molar-refractivity contribution < 1.29 is 72.5 Å². The first-order valence-corrected chi connectivity index (χ1v) is 24.1. The first-order valence-electron chi connectivity index (χ1n) is 24.1. The minimum atomic E-state index is -1.52. The minimum Gasteiger partial charge on any atom is -0.468 e. The summed E-state index contributed by atoms with van der Waals surface area (Å²) >= 11 is 0. The van der Waals surface area contributed by atoms with Crippen LogP contribution in [0.1, 0.15) is 65.7 Å². The first kappa shape index (κ1) is 60.0. The predicted octanol–water partition coefficient (Wildman–Crippen LogP) is -4.22. The van der Waals surface area contributed by atoms with Crippen molar-refractivity contribution in [3.05, 3.63) is 62.9 Å². The number of hydrogen-bond donors (Lipinski definition) is 3. The Morgan fingerprint density at radius 2 is 0.824 bits per heavy atom. The number of nitrogens with zero attached hydrogens (tertiary/aromatic N) is 10. The van der Waals surface area contributed by atoms with Gasteiger partial charge in [-0.05, 0) is 25.7 Å². The normalized spacial score (nSPS) is 15.8. The number of carbonyl (C=O) groups excluding carboxylic acids is 5. The topological polar surface area (TPSA) is 356 Å². The van der Waals surface area contributed by atoms with E-state index in [1.807, 2.05) is 20.8 Å². The molecule has 3 atom stereocenters. The summed E-state index contributed by atoms with van der Waals surface area (Å²) in [5, 5.41) is 28.4. The molecule has 3 N–H and O–H groups in total. The standard InChI is InChI=1S/C43H68N10O21/c1-5-8-17-69-26-50-34-35(52(42(50)66)28-71-19-10-7-3)53(43(67)51(34)27-70-18-9-6-2)29-72-20-13-45-36(60)44(12-16-55)37(61)46(38(45)62)14-21-73-32(58)23-48-39(63)47(22-31(57)68-4)40(64)49(41(48)65)24-33(59)74-25-30(56)11-15-54/h30,34-35,54-56H,5-29H2,1-4H3. The molecule has 2 saturated heterocycles. The average molecular weight is 1060 g/mol. The van der Waals surface area contributed by atoms with E-state index < -0.39 is 162 Å². The SMILES string of the molecule is CCCCOCN1C(=O)N(COCCCC)C2C1N(COCCCC)C(=O)N2COCCn1c(=O)n(CCO)c(=O)n(CCOC(=O)Cn2c(=O)n(CC(=O)OC)c(=O)n(CC(=O)OCC(O)CCO)c2=O)c1=O. The van der Waals surface area contributed by atoms with Crippen molar-refractivity contribution in [3.8, 4) is 0 Å². The number of carbonyl (C=O) groups is 5. The Hall–Kier alpha value is -6.51. The number of urea groups is 2. The summed E-state index contributed by atoms with van der Waals surface area (Å²) in [4.78, 5) is 152. The van der Waals surface area contributed by atoms with Gasteiger partial charge in [-0.3, -0.25) is 34.0 Å². The zero-order chi connectivity index (χ0) is 54.5.